The highest BCUT2D eigenvalue weighted by Gasteiger charge is 2.15. The second-order valence-electron chi connectivity index (χ2n) is 4.65. The minimum atomic E-state index is -0.183. The summed E-state index contributed by atoms with van der Waals surface area (Å²) >= 11 is 1.44. The molecule has 2 heterocycles. The Morgan fingerprint density at radius 1 is 1.24 bits per heavy atom. The van der Waals surface area contributed by atoms with Crippen LogP contribution in [0.2, 0.25) is 0 Å². The summed E-state index contributed by atoms with van der Waals surface area (Å²) in [4.78, 5) is 24.8. The summed E-state index contributed by atoms with van der Waals surface area (Å²) < 4.78 is 0. The molecule has 1 N–H and O–H groups in total. The highest BCUT2D eigenvalue weighted by Crippen LogP contribution is 2.15. The third kappa shape index (κ3) is 4.01. The molecule has 0 aliphatic heterocycles. The summed E-state index contributed by atoms with van der Waals surface area (Å²) in [7, 11) is 0. The van der Waals surface area contributed by atoms with Gasteiger partial charge in [0.25, 0.3) is 5.91 Å². The van der Waals surface area contributed by atoms with Gasteiger partial charge in [-0.15, -0.1) is 0 Å². The Morgan fingerprint density at radius 3 is 2.48 bits per heavy atom. The van der Waals surface area contributed by atoms with Crippen LogP contribution in [0, 0.1) is 6.92 Å². The maximum Gasteiger partial charge on any atom is 0.254 e. The van der Waals surface area contributed by atoms with E-state index < -0.39 is 0 Å². The van der Waals surface area contributed by atoms with Gasteiger partial charge in [0.1, 0.15) is 0 Å². The average Bonchev–Trinajstić information content (AvgIpc) is 2.53. The molecule has 0 aliphatic carbocycles. The number of nitrogens with one attached hydrogen (secondary N) is 1. The van der Waals surface area contributed by atoms with Gasteiger partial charge in [-0.2, -0.15) is 0 Å². The highest BCUT2D eigenvalue weighted by atomic mass is 32.2. The first kappa shape index (κ1) is 15.4. The van der Waals surface area contributed by atoms with E-state index in [0.29, 0.717) is 10.7 Å². The molecule has 2 rings (SSSR count). The predicted octanol–water partition coefficient (Wildman–Crippen LogP) is 2.78. The quantitative estimate of drug-likeness (QED) is 0.679. The Hall–Kier alpha value is -1.95. The molecule has 5 nitrogen and oxygen atoms in total. The summed E-state index contributed by atoms with van der Waals surface area (Å²) in [5.74, 6) is -0.183. The molecular formula is C15H18N4OS. The minimum absolute atomic E-state index is 0.113. The molecule has 0 saturated carbocycles. The number of thioether (sulfide) groups is 1. The standard InChI is InChI=1S/C15H18N4OS/c1-4-12(13-6-5-10(2)7-16-13)19-14(20)11-8-17-15(21-3)18-9-11/h5-9,12H,4H2,1-3H3,(H,19,20)/t12-/m1/s1. The highest BCUT2D eigenvalue weighted by molar-refractivity contribution is 7.98. The third-order valence-electron chi connectivity index (χ3n) is 3.08. The van der Waals surface area contributed by atoms with E-state index in [-0.39, 0.29) is 11.9 Å². The van der Waals surface area contributed by atoms with Crippen molar-refractivity contribution in [2.24, 2.45) is 0 Å². The van der Waals surface area contributed by atoms with Crippen LogP contribution < -0.4 is 5.32 Å². The van der Waals surface area contributed by atoms with E-state index in [9.17, 15) is 4.79 Å². The Morgan fingerprint density at radius 2 is 1.95 bits per heavy atom. The number of nitrogens with zero attached hydrogens (tertiary/aromatic N) is 3. The third-order valence-corrected chi connectivity index (χ3v) is 3.65. The minimum Gasteiger partial charge on any atom is -0.344 e. The van der Waals surface area contributed by atoms with Crippen LogP contribution in [-0.2, 0) is 0 Å². The molecule has 1 atom stereocenters. The Kier molecular flexibility index (Phi) is 5.27. The fourth-order valence-electron chi connectivity index (χ4n) is 1.85. The van der Waals surface area contributed by atoms with Gasteiger partial charge in [-0.25, -0.2) is 9.97 Å². The van der Waals surface area contributed by atoms with Gasteiger partial charge in [-0.3, -0.25) is 9.78 Å². The molecule has 2 aromatic heterocycles. The van der Waals surface area contributed by atoms with Crippen molar-refractivity contribution in [3.8, 4) is 0 Å². The van der Waals surface area contributed by atoms with Gasteiger partial charge in [0.2, 0.25) is 0 Å². The van der Waals surface area contributed by atoms with E-state index in [2.05, 4.69) is 20.3 Å². The molecule has 110 valence electrons. The Labute approximate surface area is 128 Å². The summed E-state index contributed by atoms with van der Waals surface area (Å²) in [5, 5.41) is 3.62. The normalized spacial score (nSPS) is 12.0. The number of hydrogen-bond acceptors (Lipinski definition) is 5. The summed E-state index contributed by atoms with van der Waals surface area (Å²) in [6.45, 7) is 4.00. The van der Waals surface area contributed by atoms with Gasteiger partial charge in [-0.1, -0.05) is 24.8 Å². The second kappa shape index (κ2) is 7.17. The topological polar surface area (TPSA) is 67.8 Å². The summed E-state index contributed by atoms with van der Waals surface area (Å²) in [5.41, 5.74) is 2.41. The lowest BCUT2D eigenvalue weighted by molar-refractivity contribution is 0.0933. The Bertz CT molecular complexity index is 598. The van der Waals surface area contributed by atoms with Crippen molar-refractivity contribution < 1.29 is 4.79 Å². The summed E-state index contributed by atoms with van der Waals surface area (Å²) in [6, 6.07) is 3.82. The zero-order valence-electron chi connectivity index (χ0n) is 12.3. The SMILES string of the molecule is CC[C@@H](NC(=O)c1cnc(SC)nc1)c1ccc(C)cn1. The molecule has 0 radical (unpaired) electrons. The molecule has 2 aromatic rings. The lowest BCUT2D eigenvalue weighted by Gasteiger charge is -2.16. The molecule has 0 unspecified atom stereocenters. The van der Waals surface area contributed by atoms with E-state index in [4.69, 9.17) is 0 Å². The molecule has 1 amide bonds. The monoisotopic (exact) mass is 302 g/mol. The van der Waals surface area contributed by atoms with Gasteiger partial charge >= 0.3 is 0 Å². The molecule has 0 bridgehead atoms. The lowest BCUT2D eigenvalue weighted by atomic mass is 10.1. The van der Waals surface area contributed by atoms with Crippen molar-refractivity contribution in [2.75, 3.05) is 6.26 Å². The molecule has 0 saturated heterocycles. The first-order chi connectivity index (χ1) is 10.1. The fourth-order valence-corrected chi connectivity index (χ4v) is 2.17. The van der Waals surface area contributed by atoms with Crippen LogP contribution in [-0.4, -0.2) is 27.1 Å². The van der Waals surface area contributed by atoms with Crippen LogP contribution >= 0.6 is 11.8 Å². The van der Waals surface area contributed by atoms with Crippen LogP contribution in [0.25, 0.3) is 0 Å². The second-order valence-corrected chi connectivity index (χ2v) is 5.43. The van der Waals surface area contributed by atoms with Gasteiger partial charge in [0, 0.05) is 18.6 Å². The van der Waals surface area contributed by atoms with Crippen molar-refractivity contribution in [1.29, 1.82) is 0 Å². The van der Waals surface area contributed by atoms with E-state index in [1.807, 2.05) is 32.2 Å². The average molecular weight is 302 g/mol. The largest absolute Gasteiger partial charge is 0.344 e. The van der Waals surface area contributed by atoms with Gasteiger partial charge < -0.3 is 5.32 Å². The zero-order valence-corrected chi connectivity index (χ0v) is 13.1. The molecule has 0 spiro atoms. The Balaban J connectivity index is 2.10. The number of pyridine rings is 1. The van der Waals surface area contributed by atoms with Gasteiger partial charge in [-0.05, 0) is 31.2 Å². The number of aryl methyl sites for hydroxylation is 1. The fraction of sp³-hybridized carbons (Fsp3) is 0.333. The van der Waals surface area contributed by atoms with Crippen LogP contribution in [0.3, 0.4) is 0 Å². The van der Waals surface area contributed by atoms with Gasteiger partial charge in [0.05, 0.1) is 17.3 Å². The number of hydrogen-bond donors (Lipinski definition) is 1. The van der Waals surface area contributed by atoms with E-state index in [1.165, 1.54) is 11.8 Å². The molecule has 0 aliphatic rings. The number of carbonyl (C=O) groups excluding carboxylic acids is 1. The van der Waals surface area contributed by atoms with Crippen LogP contribution in [0.4, 0.5) is 0 Å². The van der Waals surface area contributed by atoms with Crippen molar-refractivity contribution in [3.63, 3.8) is 0 Å². The van der Waals surface area contributed by atoms with Crippen LogP contribution in [0.15, 0.2) is 35.9 Å². The molecule has 0 aromatic carbocycles. The van der Waals surface area contributed by atoms with Gasteiger partial charge in [0.15, 0.2) is 5.16 Å². The number of aromatic nitrogens is 3. The maximum atomic E-state index is 12.2. The molecule has 0 fully saturated rings. The van der Waals surface area contributed by atoms with Crippen LogP contribution in [0.1, 0.15) is 41.0 Å². The summed E-state index contributed by atoms with van der Waals surface area (Å²) in [6.07, 6.45) is 7.56. The number of carbonyl (C=O) groups is 1. The van der Waals surface area contributed by atoms with E-state index in [0.717, 1.165) is 17.7 Å². The molecule has 21 heavy (non-hydrogen) atoms. The predicted molar refractivity (Wildman–Crippen MR) is 83.3 cm³/mol. The van der Waals surface area contributed by atoms with Crippen molar-refractivity contribution in [3.05, 3.63) is 47.5 Å². The van der Waals surface area contributed by atoms with Crippen molar-refractivity contribution in [2.45, 2.75) is 31.5 Å². The maximum absolute atomic E-state index is 12.2. The first-order valence-corrected chi connectivity index (χ1v) is 7.96. The van der Waals surface area contributed by atoms with Crippen LogP contribution in [0.5, 0.6) is 0 Å². The zero-order chi connectivity index (χ0) is 15.2. The number of rotatable bonds is 5. The first-order valence-electron chi connectivity index (χ1n) is 6.73. The van der Waals surface area contributed by atoms with Crippen molar-refractivity contribution >= 4 is 17.7 Å². The number of amides is 1. The lowest BCUT2D eigenvalue weighted by Crippen LogP contribution is -2.29. The smallest absolute Gasteiger partial charge is 0.254 e. The van der Waals surface area contributed by atoms with E-state index >= 15 is 0 Å². The molecule has 6 heteroatoms. The molecular weight excluding hydrogens is 284 g/mol. The van der Waals surface area contributed by atoms with E-state index in [1.54, 1.807) is 18.6 Å². The van der Waals surface area contributed by atoms with Crippen molar-refractivity contribution in [1.82, 2.24) is 20.3 Å².